The second kappa shape index (κ2) is 15.2. The molecule has 0 saturated carbocycles. The van der Waals surface area contributed by atoms with Gasteiger partial charge in [0.2, 0.25) is 0 Å². The Morgan fingerprint density at radius 1 is 0.889 bits per heavy atom. The topological polar surface area (TPSA) is 27.7 Å². The Hall–Kier alpha value is 0.0969. The van der Waals surface area contributed by atoms with Crippen molar-refractivity contribution in [2.75, 3.05) is 20.8 Å². The highest BCUT2D eigenvalue weighted by Crippen LogP contribution is 2.09. The molecule has 0 amide bonds. The van der Waals surface area contributed by atoms with E-state index in [2.05, 4.69) is 6.92 Å². The maximum absolute atomic E-state index is 5.63. The molecule has 0 N–H and O–H groups in total. The number of ether oxygens (including phenoxy) is 2. The third kappa shape index (κ3) is 12.6. The van der Waals surface area contributed by atoms with Crippen molar-refractivity contribution in [1.82, 2.24) is 0 Å². The van der Waals surface area contributed by atoms with E-state index in [9.17, 15) is 0 Å². The Morgan fingerprint density at radius 3 is 2.06 bits per heavy atom. The molecule has 18 heavy (non-hydrogen) atoms. The summed E-state index contributed by atoms with van der Waals surface area (Å²) in [5.74, 6) is 0. The summed E-state index contributed by atoms with van der Waals surface area (Å²) in [7, 11) is 3.39. The van der Waals surface area contributed by atoms with Gasteiger partial charge in [-0.3, -0.25) is 0 Å². The summed E-state index contributed by atoms with van der Waals surface area (Å²) in [5, 5.41) is 0. The molecule has 0 aromatic carbocycles. The predicted octanol–water partition coefficient (Wildman–Crippen LogP) is 3.53. The maximum atomic E-state index is 5.63. The lowest BCUT2D eigenvalue weighted by atomic mass is 10.1. The van der Waals surface area contributed by atoms with Crippen molar-refractivity contribution >= 4 is 9.76 Å². The van der Waals surface area contributed by atoms with Gasteiger partial charge in [0.15, 0.2) is 16.1 Å². The lowest BCUT2D eigenvalue weighted by Crippen LogP contribution is -2.22. The minimum atomic E-state index is -0.168. The zero-order valence-corrected chi connectivity index (χ0v) is 13.6. The van der Waals surface area contributed by atoms with Gasteiger partial charge in [0.05, 0.1) is 6.61 Å². The summed E-state index contributed by atoms with van der Waals surface area (Å²) >= 11 is 0. The van der Waals surface area contributed by atoms with Gasteiger partial charge in [-0.1, -0.05) is 58.3 Å². The fraction of sp³-hybridized carbons (Fsp3) is 1.00. The van der Waals surface area contributed by atoms with Crippen LogP contribution in [0.2, 0.25) is 6.04 Å². The number of methoxy groups -OCH3 is 2. The fourth-order valence-electron chi connectivity index (χ4n) is 1.84. The molecule has 0 aliphatic rings. The van der Waals surface area contributed by atoms with Crippen LogP contribution in [0, 0.1) is 0 Å². The summed E-state index contributed by atoms with van der Waals surface area (Å²) < 4.78 is 15.8. The predicted molar refractivity (Wildman–Crippen MR) is 78.3 cm³/mol. The largest absolute Gasteiger partial charge is 0.395 e. The Balaban J connectivity index is 3.10. The van der Waals surface area contributed by atoms with Crippen LogP contribution in [0.25, 0.3) is 0 Å². The second-order valence-electron chi connectivity index (χ2n) is 4.69. The SMILES string of the molecule is CCCCCCCCCC[SiH]OC(COC)OC. The molecule has 1 unspecified atom stereocenters. The standard InChI is InChI=1S/C14H31O3Si/c1-4-5-6-7-8-9-10-11-12-18-17-14(16-3)13-15-2/h14,18H,4-13H2,1-3H3. The van der Waals surface area contributed by atoms with Crippen molar-refractivity contribution in [3.8, 4) is 0 Å². The van der Waals surface area contributed by atoms with E-state index < -0.39 is 0 Å². The monoisotopic (exact) mass is 275 g/mol. The minimum absolute atomic E-state index is 0.0582. The van der Waals surface area contributed by atoms with Crippen molar-refractivity contribution in [2.45, 2.75) is 70.6 Å². The first-order valence-corrected chi connectivity index (χ1v) is 8.62. The van der Waals surface area contributed by atoms with Crippen LogP contribution in [0.15, 0.2) is 0 Å². The van der Waals surface area contributed by atoms with E-state index >= 15 is 0 Å². The van der Waals surface area contributed by atoms with Gasteiger partial charge < -0.3 is 13.9 Å². The van der Waals surface area contributed by atoms with Crippen molar-refractivity contribution in [2.24, 2.45) is 0 Å². The highest BCUT2D eigenvalue weighted by molar-refractivity contribution is 6.27. The summed E-state index contributed by atoms with van der Waals surface area (Å²) in [4.78, 5) is 0. The molecule has 0 spiro atoms. The first-order chi connectivity index (χ1) is 8.85. The van der Waals surface area contributed by atoms with E-state index in [0.29, 0.717) is 6.61 Å². The first-order valence-electron chi connectivity index (χ1n) is 7.34. The number of rotatable bonds is 14. The molecule has 0 aromatic heterocycles. The van der Waals surface area contributed by atoms with Gasteiger partial charge in [0.25, 0.3) is 0 Å². The van der Waals surface area contributed by atoms with E-state index in [1.165, 1.54) is 57.4 Å². The smallest absolute Gasteiger partial charge is 0.196 e. The van der Waals surface area contributed by atoms with E-state index in [0.717, 1.165) is 0 Å². The number of hydrogen-bond acceptors (Lipinski definition) is 3. The molecule has 4 heteroatoms. The van der Waals surface area contributed by atoms with Gasteiger partial charge >= 0.3 is 0 Å². The molecule has 0 rings (SSSR count). The van der Waals surface area contributed by atoms with Crippen LogP contribution < -0.4 is 0 Å². The average Bonchev–Trinajstić information content (AvgIpc) is 2.39. The molecule has 0 aromatic rings. The molecule has 0 aliphatic carbocycles. The van der Waals surface area contributed by atoms with Gasteiger partial charge in [-0.15, -0.1) is 0 Å². The molecular weight excluding hydrogens is 244 g/mol. The van der Waals surface area contributed by atoms with Crippen molar-refractivity contribution < 1.29 is 13.9 Å². The molecule has 1 atom stereocenters. The zero-order chi connectivity index (χ0) is 13.5. The van der Waals surface area contributed by atoms with Crippen LogP contribution in [0.3, 0.4) is 0 Å². The first kappa shape index (κ1) is 18.1. The van der Waals surface area contributed by atoms with Crippen LogP contribution in [0.5, 0.6) is 0 Å². The second-order valence-corrected chi connectivity index (χ2v) is 5.87. The molecule has 109 valence electrons. The number of unbranched alkanes of at least 4 members (excludes halogenated alkanes) is 7. The summed E-state index contributed by atoms with van der Waals surface area (Å²) in [6.45, 7) is 2.79. The molecule has 0 saturated heterocycles. The van der Waals surface area contributed by atoms with Gasteiger partial charge in [-0.25, -0.2) is 0 Å². The summed E-state index contributed by atoms with van der Waals surface area (Å²) in [6.07, 6.45) is 10.8. The van der Waals surface area contributed by atoms with E-state index in [4.69, 9.17) is 13.9 Å². The van der Waals surface area contributed by atoms with Gasteiger partial charge in [0.1, 0.15) is 0 Å². The maximum Gasteiger partial charge on any atom is 0.196 e. The molecule has 0 fully saturated rings. The lowest BCUT2D eigenvalue weighted by Gasteiger charge is -2.14. The van der Waals surface area contributed by atoms with Gasteiger partial charge in [-0.2, -0.15) is 0 Å². The van der Waals surface area contributed by atoms with Crippen LogP contribution in [-0.4, -0.2) is 36.9 Å². The van der Waals surface area contributed by atoms with Crippen LogP contribution >= 0.6 is 0 Å². The van der Waals surface area contributed by atoms with Gasteiger partial charge in [-0.05, 0) is 6.04 Å². The minimum Gasteiger partial charge on any atom is -0.395 e. The van der Waals surface area contributed by atoms with Crippen LogP contribution in [0.1, 0.15) is 58.3 Å². The molecule has 0 aliphatic heterocycles. The third-order valence-corrected chi connectivity index (χ3v) is 4.13. The Kier molecular flexibility index (Phi) is 15.2. The Labute approximate surface area is 116 Å². The van der Waals surface area contributed by atoms with Crippen LogP contribution in [0.4, 0.5) is 0 Å². The van der Waals surface area contributed by atoms with Gasteiger partial charge in [0, 0.05) is 14.2 Å². The van der Waals surface area contributed by atoms with E-state index in [-0.39, 0.29) is 16.1 Å². The normalized spacial score (nSPS) is 12.8. The molecule has 0 heterocycles. The Morgan fingerprint density at radius 2 is 1.50 bits per heavy atom. The Bertz CT molecular complexity index is 156. The molecular formula is C14H31O3Si. The highest BCUT2D eigenvalue weighted by atomic mass is 28.2. The molecule has 0 bridgehead atoms. The van der Waals surface area contributed by atoms with E-state index in [1.54, 1.807) is 14.2 Å². The average molecular weight is 275 g/mol. The lowest BCUT2D eigenvalue weighted by molar-refractivity contribution is -0.0928. The van der Waals surface area contributed by atoms with E-state index in [1.807, 2.05) is 0 Å². The van der Waals surface area contributed by atoms with Crippen molar-refractivity contribution in [1.29, 1.82) is 0 Å². The summed E-state index contributed by atoms with van der Waals surface area (Å²) in [5.41, 5.74) is 0. The highest BCUT2D eigenvalue weighted by Gasteiger charge is 2.05. The van der Waals surface area contributed by atoms with Crippen LogP contribution in [-0.2, 0) is 13.9 Å². The molecule has 1 radical (unpaired) electrons. The summed E-state index contributed by atoms with van der Waals surface area (Å²) in [6, 6.07) is 1.21. The zero-order valence-electron chi connectivity index (χ0n) is 12.5. The van der Waals surface area contributed by atoms with Crippen molar-refractivity contribution in [3.05, 3.63) is 0 Å². The molecule has 3 nitrogen and oxygen atoms in total. The third-order valence-electron chi connectivity index (χ3n) is 2.99. The van der Waals surface area contributed by atoms with Crippen molar-refractivity contribution in [3.63, 3.8) is 0 Å². The fourth-order valence-corrected chi connectivity index (χ4v) is 2.83. The number of hydrogen-bond donors (Lipinski definition) is 0. The quantitative estimate of drug-likeness (QED) is 0.276.